The van der Waals surface area contributed by atoms with E-state index >= 15 is 0 Å². The minimum atomic E-state index is -4.40. The van der Waals surface area contributed by atoms with E-state index in [-0.39, 0.29) is 6.54 Å². The summed E-state index contributed by atoms with van der Waals surface area (Å²) in [7, 11) is 1.28. The topological polar surface area (TPSA) is 58.6 Å². The molecule has 1 aromatic carbocycles. The Hall–Kier alpha value is -2.25. The first-order chi connectivity index (χ1) is 10.7. The highest BCUT2D eigenvalue weighted by molar-refractivity contribution is 5.92. The van der Waals surface area contributed by atoms with Crippen LogP contribution in [0.3, 0.4) is 0 Å². The number of alkyl halides is 3. The van der Waals surface area contributed by atoms with Crippen molar-refractivity contribution in [1.29, 1.82) is 0 Å². The number of likely N-dealkylation sites (tertiary alicyclic amines) is 1. The molecule has 1 aliphatic heterocycles. The third-order valence-corrected chi connectivity index (χ3v) is 3.64. The van der Waals surface area contributed by atoms with Gasteiger partial charge in [-0.1, -0.05) is 0 Å². The zero-order chi connectivity index (χ0) is 17.2. The summed E-state index contributed by atoms with van der Waals surface area (Å²) in [6.07, 6.45) is -4.10. The molecular weight excluding hydrogens is 313 g/mol. The smallest absolute Gasteiger partial charge is 0.406 e. The Labute approximate surface area is 131 Å². The number of hydrogen-bond donors (Lipinski definition) is 1. The quantitative estimate of drug-likeness (QED) is 0.861. The highest BCUT2D eigenvalue weighted by Gasteiger charge is 2.39. The summed E-state index contributed by atoms with van der Waals surface area (Å²) in [4.78, 5) is 24.3. The summed E-state index contributed by atoms with van der Waals surface area (Å²) in [6, 6.07) is 4.11. The fraction of sp³-hybridized carbons (Fsp3) is 0.467. The second-order valence-electron chi connectivity index (χ2n) is 5.38. The Morgan fingerprint density at radius 2 is 2.13 bits per heavy atom. The Morgan fingerprint density at radius 1 is 1.43 bits per heavy atom. The van der Waals surface area contributed by atoms with Gasteiger partial charge in [-0.05, 0) is 37.1 Å². The van der Waals surface area contributed by atoms with Crippen LogP contribution in [0.5, 0.6) is 0 Å². The molecule has 5 nitrogen and oxygen atoms in total. The molecule has 2 rings (SSSR count). The van der Waals surface area contributed by atoms with E-state index < -0.39 is 30.6 Å². The Bertz CT molecular complexity index is 616. The second-order valence-corrected chi connectivity index (χ2v) is 5.38. The molecule has 1 aliphatic rings. The standard InChI is InChI=1S/C15H17F3N2O3/c1-9-7-10(3-4-11(9)14(22)23-2)19-12-5-6-20(13(12)21)8-15(16,17)18/h3-4,7,12,19H,5-6,8H2,1-2H3/t12-/m1/s1. The highest BCUT2D eigenvalue weighted by atomic mass is 19.4. The lowest BCUT2D eigenvalue weighted by Crippen LogP contribution is -2.39. The number of ether oxygens (including phenoxy) is 1. The van der Waals surface area contributed by atoms with Crippen molar-refractivity contribution >= 4 is 17.6 Å². The van der Waals surface area contributed by atoms with E-state index in [1.54, 1.807) is 25.1 Å². The maximum atomic E-state index is 12.4. The van der Waals surface area contributed by atoms with E-state index in [1.807, 2.05) is 0 Å². The molecule has 126 valence electrons. The summed E-state index contributed by atoms with van der Waals surface area (Å²) < 4.78 is 41.8. The minimum absolute atomic E-state index is 0.0647. The molecule has 0 radical (unpaired) electrons. The monoisotopic (exact) mass is 330 g/mol. The van der Waals surface area contributed by atoms with Crippen molar-refractivity contribution in [2.75, 3.05) is 25.5 Å². The van der Waals surface area contributed by atoms with E-state index in [9.17, 15) is 22.8 Å². The number of aryl methyl sites for hydroxylation is 1. The first-order valence-electron chi connectivity index (χ1n) is 7.02. The largest absolute Gasteiger partial charge is 0.465 e. The molecule has 1 fully saturated rings. The molecule has 1 N–H and O–H groups in total. The molecule has 1 heterocycles. The van der Waals surface area contributed by atoms with Crippen LogP contribution in [-0.4, -0.2) is 49.2 Å². The maximum Gasteiger partial charge on any atom is 0.406 e. The fourth-order valence-electron chi connectivity index (χ4n) is 2.54. The van der Waals surface area contributed by atoms with Gasteiger partial charge < -0.3 is 15.0 Å². The number of rotatable bonds is 4. The van der Waals surface area contributed by atoms with Crippen molar-refractivity contribution in [2.24, 2.45) is 0 Å². The summed E-state index contributed by atoms with van der Waals surface area (Å²) in [5.74, 6) is -1.04. The van der Waals surface area contributed by atoms with E-state index in [4.69, 9.17) is 0 Å². The van der Waals surface area contributed by atoms with Crippen LogP contribution in [0.4, 0.5) is 18.9 Å². The first kappa shape index (κ1) is 17.1. The van der Waals surface area contributed by atoms with Gasteiger partial charge in [-0.3, -0.25) is 4.79 Å². The summed E-state index contributed by atoms with van der Waals surface area (Å²) in [5, 5.41) is 2.92. The molecule has 1 atom stereocenters. The molecule has 0 bridgehead atoms. The normalized spacial score (nSPS) is 18.2. The van der Waals surface area contributed by atoms with Gasteiger partial charge in [0.15, 0.2) is 0 Å². The highest BCUT2D eigenvalue weighted by Crippen LogP contribution is 2.24. The molecule has 0 saturated carbocycles. The van der Waals surface area contributed by atoms with Gasteiger partial charge in [-0.15, -0.1) is 0 Å². The van der Waals surface area contributed by atoms with Gasteiger partial charge in [0.05, 0.1) is 12.7 Å². The summed E-state index contributed by atoms with van der Waals surface area (Å²) in [6.45, 7) is 0.545. The molecule has 23 heavy (non-hydrogen) atoms. The zero-order valence-electron chi connectivity index (χ0n) is 12.7. The molecule has 1 amide bonds. The van der Waals surface area contributed by atoms with Gasteiger partial charge in [0.2, 0.25) is 5.91 Å². The van der Waals surface area contributed by atoms with Crippen LogP contribution in [0, 0.1) is 6.92 Å². The SMILES string of the molecule is COC(=O)c1ccc(N[C@@H]2CCN(CC(F)(F)F)C2=O)cc1C. The molecule has 0 aromatic heterocycles. The van der Waals surface area contributed by atoms with Gasteiger partial charge in [0.25, 0.3) is 0 Å². The average Bonchev–Trinajstić information content (AvgIpc) is 2.78. The van der Waals surface area contributed by atoms with Crippen LogP contribution in [0.25, 0.3) is 0 Å². The number of amides is 1. The number of carbonyl (C=O) groups is 2. The van der Waals surface area contributed by atoms with Crippen molar-refractivity contribution in [3.63, 3.8) is 0 Å². The predicted octanol–water partition coefficient (Wildman–Crippen LogP) is 2.36. The van der Waals surface area contributed by atoms with E-state index in [2.05, 4.69) is 10.1 Å². The van der Waals surface area contributed by atoms with Crippen molar-refractivity contribution in [3.8, 4) is 0 Å². The van der Waals surface area contributed by atoms with Crippen molar-refractivity contribution in [2.45, 2.75) is 25.6 Å². The lowest BCUT2D eigenvalue weighted by atomic mass is 10.1. The van der Waals surface area contributed by atoms with E-state index in [0.29, 0.717) is 23.2 Å². The van der Waals surface area contributed by atoms with Crippen molar-refractivity contribution in [3.05, 3.63) is 29.3 Å². The van der Waals surface area contributed by atoms with Crippen LogP contribution in [-0.2, 0) is 9.53 Å². The van der Waals surface area contributed by atoms with Crippen LogP contribution < -0.4 is 5.32 Å². The van der Waals surface area contributed by atoms with Gasteiger partial charge in [0.1, 0.15) is 12.6 Å². The number of methoxy groups -OCH3 is 1. The summed E-state index contributed by atoms with van der Waals surface area (Å²) >= 11 is 0. The van der Waals surface area contributed by atoms with Gasteiger partial charge in [0, 0.05) is 12.2 Å². The Morgan fingerprint density at radius 3 is 2.70 bits per heavy atom. The van der Waals surface area contributed by atoms with Crippen LogP contribution in [0.1, 0.15) is 22.3 Å². The van der Waals surface area contributed by atoms with Gasteiger partial charge in [-0.25, -0.2) is 4.79 Å². The molecular formula is C15H17F3N2O3. The number of nitrogens with zero attached hydrogens (tertiary/aromatic N) is 1. The fourth-order valence-corrected chi connectivity index (χ4v) is 2.54. The zero-order valence-corrected chi connectivity index (χ0v) is 12.7. The molecule has 1 aromatic rings. The van der Waals surface area contributed by atoms with Crippen molar-refractivity contribution < 1.29 is 27.5 Å². The van der Waals surface area contributed by atoms with Crippen LogP contribution in [0.15, 0.2) is 18.2 Å². The van der Waals surface area contributed by atoms with Gasteiger partial charge in [-0.2, -0.15) is 13.2 Å². The Balaban J connectivity index is 2.04. The van der Waals surface area contributed by atoms with Gasteiger partial charge >= 0.3 is 12.1 Å². The van der Waals surface area contributed by atoms with Crippen LogP contribution >= 0.6 is 0 Å². The molecule has 8 heteroatoms. The van der Waals surface area contributed by atoms with E-state index in [1.165, 1.54) is 7.11 Å². The average molecular weight is 330 g/mol. The van der Waals surface area contributed by atoms with E-state index in [0.717, 1.165) is 4.90 Å². The number of nitrogens with one attached hydrogen (secondary N) is 1. The van der Waals surface area contributed by atoms with Crippen LogP contribution in [0.2, 0.25) is 0 Å². The number of hydrogen-bond acceptors (Lipinski definition) is 4. The molecule has 0 aliphatic carbocycles. The number of anilines is 1. The number of esters is 1. The Kier molecular flexibility index (Phi) is 4.82. The number of carbonyl (C=O) groups excluding carboxylic acids is 2. The third kappa shape index (κ3) is 4.14. The predicted molar refractivity (Wildman–Crippen MR) is 77.2 cm³/mol. The second kappa shape index (κ2) is 6.47. The first-order valence-corrected chi connectivity index (χ1v) is 7.02. The summed E-state index contributed by atoms with van der Waals surface area (Å²) in [5.41, 5.74) is 1.62. The minimum Gasteiger partial charge on any atom is -0.465 e. The maximum absolute atomic E-state index is 12.4. The molecule has 0 spiro atoms. The molecule has 0 unspecified atom stereocenters. The van der Waals surface area contributed by atoms with Crippen molar-refractivity contribution in [1.82, 2.24) is 4.90 Å². The number of benzene rings is 1. The number of halogens is 3. The molecule has 1 saturated heterocycles. The third-order valence-electron chi connectivity index (χ3n) is 3.64. The lowest BCUT2D eigenvalue weighted by molar-refractivity contribution is -0.157. The lowest BCUT2D eigenvalue weighted by Gasteiger charge is -2.19.